The molecule has 0 fully saturated rings. The molecule has 5 nitrogen and oxygen atoms in total. The van der Waals surface area contributed by atoms with Crippen LogP contribution in [0.3, 0.4) is 0 Å². The molecule has 1 heterocycles. The van der Waals surface area contributed by atoms with Crippen LogP contribution in [0.15, 0.2) is 37.1 Å². The molecule has 0 spiro atoms. The molecule has 5 heteroatoms. The quantitative estimate of drug-likeness (QED) is 0.524. The first-order valence-corrected chi connectivity index (χ1v) is 6.39. The Balaban J connectivity index is 2.11. The summed E-state index contributed by atoms with van der Waals surface area (Å²) in [6.45, 7) is 7.02. The largest absolute Gasteiger partial charge is 0.368 e. The number of rotatable bonds is 9. The van der Waals surface area contributed by atoms with E-state index in [4.69, 9.17) is 4.74 Å². The fourth-order valence-electron chi connectivity index (χ4n) is 1.39. The summed E-state index contributed by atoms with van der Waals surface area (Å²) in [5.74, 6) is 0.693. The van der Waals surface area contributed by atoms with Gasteiger partial charge >= 0.3 is 0 Å². The third-order valence-electron chi connectivity index (χ3n) is 2.45. The number of carbonyl (C=O) groups excluding carboxylic acids is 1. The maximum absolute atomic E-state index is 11.6. The van der Waals surface area contributed by atoms with E-state index in [0.29, 0.717) is 19.7 Å². The number of ether oxygens (including phenoxy) is 1. The standard InChI is InChI=1S/C14H21N3O2/c1-3-4-11-19-12(2)14(18)17-10-9-16-13-7-5-6-8-15-13/h3,5-8,12H,1,4,9-11H2,2H3,(H,15,16)(H,17,18). The number of amides is 1. The van der Waals surface area contributed by atoms with Crippen LogP contribution in [0, 0.1) is 0 Å². The molecule has 0 saturated heterocycles. The van der Waals surface area contributed by atoms with E-state index in [1.165, 1.54) is 0 Å². The van der Waals surface area contributed by atoms with Gasteiger partial charge < -0.3 is 15.4 Å². The molecule has 0 saturated carbocycles. The Morgan fingerprint density at radius 3 is 3.05 bits per heavy atom. The summed E-state index contributed by atoms with van der Waals surface area (Å²) in [5.41, 5.74) is 0. The van der Waals surface area contributed by atoms with Crippen LogP contribution in [0.25, 0.3) is 0 Å². The van der Waals surface area contributed by atoms with Crippen LogP contribution in [0.4, 0.5) is 5.82 Å². The zero-order valence-electron chi connectivity index (χ0n) is 11.3. The zero-order valence-corrected chi connectivity index (χ0v) is 11.3. The van der Waals surface area contributed by atoms with E-state index in [1.54, 1.807) is 19.2 Å². The average molecular weight is 263 g/mol. The van der Waals surface area contributed by atoms with Crippen molar-refractivity contribution < 1.29 is 9.53 Å². The Kier molecular flexibility index (Phi) is 7.27. The van der Waals surface area contributed by atoms with Crippen LogP contribution in [0.1, 0.15) is 13.3 Å². The minimum atomic E-state index is -0.435. The summed E-state index contributed by atoms with van der Waals surface area (Å²) < 4.78 is 5.34. The molecule has 0 aliphatic carbocycles. The molecule has 0 aliphatic heterocycles. The van der Waals surface area contributed by atoms with E-state index in [0.717, 1.165) is 12.2 Å². The maximum atomic E-state index is 11.6. The van der Waals surface area contributed by atoms with Crippen molar-refractivity contribution in [1.29, 1.82) is 0 Å². The number of aromatic nitrogens is 1. The van der Waals surface area contributed by atoms with Crippen molar-refractivity contribution in [3.63, 3.8) is 0 Å². The van der Waals surface area contributed by atoms with E-state index in [1.807, 2.05) is 18.2 Å². The van der Waals surface area contributed by atoms with Crippen molar-refractivity contribution in [2.24, 2.45) is 0 Å². The van der Waals surface area contributed by atoms with Crippen molar-refractivity contribution >= 4 is 11.7 Å². The van der Waals surface area contributed by atoms with Gasteiger partial charge in [0.15, 0.2) is 0 Å². The minimum absolute atomic E-state index is 0.105. The average Bonchev–Trinajstić information content (AvgIpc) is 2.44. The first-order valence-electron chi connectivity index (χ1n) is 6.39. The van der Waals surface area contributed by atoms with E-state index < -0.39 is 6.10 Å². The molecule has 1 unspecified atom stereocenters. The molecular formula is C14H21N3O2. The lowest BCUT2D eigenvalue weighted by Gasteiger charge is -2.13. The summed E-state index contributed by atoms with van der Waals surface area (Å²) in [6.07, 6.45) is 3.80. The number of nitrogens with one attached hydrogen (secondary N) is 2. The molecule has 0 radical (unpaired) electrons. The molecule has 1 rings (SSSR count). The lowest BCUT2D eigenvalue weighted by atomic mass is 10.3. The Labute approximate surface area is 114 Å². The molecule has 1 aromatic heterocycles. The predicted octanol–water partition coefficient (Wildman–Crippen LogP) is 1.59. The zero-order chi connectivity index (χ0) is 13.9. The number of pyridine rings is 1. The first kappa shape index (κ1) is 15.2. The lowest BCUT2D eigenvalue weighted by Crippen LogP contribution is -2.37. The minimum Gasteiger partial charge on any atom is -0.368 e. The second kappa shape index (κ2) is 9.10. The van der Waals surface area contributed by atoms with Crippen molar-refractivity contribution in [2.45, 2.75) is 19.4 Å². The second-order valence-corrected chi connectivity index (χ2v) is 4.02. The molecule has 1 amide bonds. The van der Waals surface area contributed by atoms with Crippen molar-refractivity contribution in [3.05, 3.63) is 37.1 Å². The maximum Gasteiger partial charge on any atom is 0.248 e. The van der Waals surface area contributed by atoms with Gasteiger partial charge in [-0.2, -0.15) is 0 Å². The summed E-state index contributed by atoms with van der Waals surface area (Å²) in [6, 6.07) is 5.64. The number of anilines is 1. The molecule has 19 heavy (non-hydrogen) atoms. The van der Waals surface area contributed by atoms with Crippen LogP contribution in [0.2, 0.25) is 0 Å². The highest BCUT2D eigenvalue weighted by Gasteiger charge is 2.11. The summed E-state index contributed by atoms with van der Waals surface area (Å²) in [4.78, 5) is 15.8. The Hall–Kier alpha value is -1.88. The van der Waals surface area contributed by atoms with Gasteiger partial charge in [0.1, 0.15) is 11.9 Å². The SMILES string of the molecule is C=CCCOC(C)C(=O)NCCNc1ccccn1. The van der Waals surface area contributed by atoms with Gasteiger partial charge in [-0.1, -0.05) is 12.1 Å². The summed E-state index contributed by atoms with van der Waals surface area (Å²) in [7, 11) is 0. The molecular weight excluding hydrogens is 242 g/mol. The highest BCUT2D eigenvalue weighted by Crippen LogP contribution is 1.98. The van der Waals surface area contributed by atoms with Crippen LogP contribution in [0.5, 0.6) is 0 Å². The Bertz CT molecular complexity index is 382. The topological polar surface area (TPSA) is 63.2 Å². The van der Waals surface area contributed by atoms with E-state index in [9.17, 15) is 4.79 Å². The third-order valence-corrected chi connectivity index (χ3v) is 2.45. The predicted molar refractivity (Wildman–Crippen MR) is 76.0 cm³/mol. The highest BCUT2D eigenvalue weighted by molar-refractivity contribution is 5.80. The molecule has 1 aromatic rings. The molecule has 104 valence electrons. The van der Waals surface area contributed by atoms with Crippen molar-refractivity contribution in [2.75, 3.05) is 25.0 Å². The second-order valence-electron chi connectivity index (χ2n) is 4.02. The number of nitrogens with zero attached hydrogens (tertiary/aromatic N) is 1. The van der Waals surface area contributed by atoms with Crippen LogP contribution >= 0.6 is 0 Å². The number of hydrogen-bond donors (Lipinski definition) is 2. The summed E-state index contributed by atoms with van der Waals surface area (Å²) in [5, 5.41) is 5.91. The molecule has 0 aromatic carbocycles. The van der Waals surface area contributed by atoms with E-state index in [2.05, 4.69) is 22.2 Å². The smallest absolute Gasteiger partial charge is 0.248 e. The highest BCUT2D eigenvalue weighted by atomic mass is 16.5. The van der Waals surface area contributed by atoms with E-state index >= 15 is 0 Å². The van der Waals surface area contributed by atoms with E-state index in [-0.39, 0.29) is 5.91 Å². The molecule has 1 atom stereocenters. The van der Waals surface area contributed by atoms with Gasteiger partial charge in [0.2, 0.25) is 5.91 Å². The molecule has 0 aliphatic rings. The normalized spacial score (nSPS) is 11.6. The monoisotopic (exact) mass is 263 g/mol. The summed E-state index contributed by atoms with van der Waals surface area (Å²) >= 11 is 0. The fourth-order valence-corrected chi connectivity index (χ4v) is 1.39. The van der Waals surface area contributed by atoms with Crippen LogP contribution in [-0.2, 0) is 9.53 Å². The van der Waals surface area contributed by atoms with Crippen molar-refractivity contribution in [1.82, 2.24) is 10.3 Å². The third kappa shape index (κ3) is 6.57. The fraction of sp³-hybridized carbons (Fsp3) is 0.429. The van der Waals surface area contributed by atoms with Crippen molar-refractivity contribution in [3.8, 4) is 0 Å². The van der Waals surface area contributed by atoms with Gasteiger partial charge in [0.05, 0.1) is 6.61 Å². The lowest BCUT2D eigenvalue weighted by molar-refractivity contribution is -0.131. The first-order chi connectivity index (χ1) is 9.24. The van der Waals surface area contributed by atoms with Gasteiger partial charge in [0.25, 0.3) is 0 Å². The van der Waals surface area contributed by atoms with Gasteiger partial charge in [-0.05, 0) is 25.5 Å². The van der Waals surface area contributed by atoms with Gasteiger partial charge in [0, 0.05) is 19.3 Å². The van der Waals surface area contributed by atoms with Gasteiger partial charge in [-0.3, -0.25) is 4.79 Å². The number of carbonyl (C=O) groups is 1. The Morgan fingerprint density at radius 2 is 2.37 bits per heavy atom. The Morgan fingerprint density at radius 1 is 1.53 bits per heavy atom. The van der Waals surface area contributed by atoms with Crippen LogP contribution < -0.4 is 10.6 Å². The number of hydrogen-bond acceptors (Lipinski definition) is 4. The van der Waals surface area contributed by atoms with Crippen LogP contribution in [-0.4, -0.2) is 36.7 Å². The molecule has 2 N–H and O–H groups in total. The van der Waals surface area contributed by atoms with Gasteiger partial charge in [-0.15, -0.1) is 6.58 Å². The van der Waals surface area contributed by atoms with Gasteiger partial charge in [-0.25, -0.2) is 4.98 Å². The molecule has 0 bridgehead atoms.